The van der Waals surface area contributed by atoms with Crippen molar-refractivity contribution >= 4 is 10.0 Å². The van der Waals surface area contributed by atoms with Gasteiger partial charge in [-0.1, -0.05) is 47.6 Å². The van der Waals surface area contributed by atoms with Crippen LogP contribution in [0.1, 0.15) is 23.4 Å². The fourth-order valence-electron chi connectivity index (χ4n) is 2.98. The van der Waals surface area contributed by atoms with Crippen LogP contribution >= 0.6 is 0 Å². The van der Waals surface area contributed by atoms with E-state index in [1.165, 1.54) is 6.07 Å². The van der Waals surface area contributed by atoms with E-state index in [4.69, 9.17) is 4.52 Å². The molecule has 0 saturated carbocycles. The van der Waals surface area contributed by atoms with Crippen molar-refractivity contribution in [2.75, 3.05) is 6.54 Å². The van der Waals surface area contributed by atoms with Gasteiger partial charge in [0, 0.05) is 12.1 Å². The van der Waals surface area contributed by atoms with E-state index in [-0.39, 0.29) is 16.5 Å². The molecule has 0 spiro atoms. The maximum atomic E-state index is 13.8. The number of sulfonamides is 1. The fraction of sp³-hybridized carbons (Fsp3) is 0.250. The first-order valence-corrected chi connectivity index (χ1v) is 10.1. The summed E-state index contributed by atoms with van der Waals surface area (Å²) in [5.74, 6) is 0.0303. The van der Waals surface area contributed by atoms with Crippen molar-refractivity contribution < 1.29 is 17.3 Å². The van der Waals surface area contributed by atoms with Crippen LogP contribution in [0.4, 0.5) is 4.39 Å². The molecule has 5 nitrogen and oxygen atoms in total. The molecular formula is C20H21FN2O3S. The van der Waals surface area contributed by atoms with Crippen LogP contribution in [-0.2, 0) is 16.4 Å². The Balaban J connectivity index is 1.56. The quantitative estimate of drug-likeness (QED) is 0.621. The van der Waals surface area contributed by atoms with Crippen LogP contribution in [0.3, 0.4) is 0 Å². The molecule has 0 amide bonds. The maximum Gasteiger partial charge on any atom is 0.245 e. The van der Waals surface area contributed by atoms with Gasteiger partial charge < -0.3 is 4.52 Å². The van der Waals surface area contributed by atoms with Gasteiger partial charge in [-0.3, -0.25) is 0 Å². The molecule has 1 N–H and O–H groups in total. The van der Waals surface area contributed by atoms with Gasteiger partial charge in [0.2, 0.25) is 10.0 Å². The smallest absolute Gasteiger partial charge is 0.245 e. The van der Waals surface area contributed by atoms with Crippen molar-refractivity contribution in [2.24, 2.45) is 0 Å². The predicted molar refractivity (Wildman–Crippen MR) is 101 cm³/mol. The third-order valence-electron chi connectivity index (χ3n) is 4.31. The molecule has 3 aromatic rings. The van der Waals surface area contributed by atoms with Crippen LogP contribution in [0.15, 0.2) is 57.9 Å². The van der Waals surface area contributed by atoms with Crippen molar-refractivity contribution in [2.45, 2.75) is 31.6 Å². The van der Waals surface area contributed by atoms with Crippen LogP contribution < -0.4 is 4.72 Å². The lowest BCUT2D eigenvalue weighted by molar-refractivity contribution is 0.390. The molecule has 0 saturated heterocycles. The van der Waals surface area contributed by atoms with Gasteiger partial charge in [-0.25, -0.2) is 17.5 Å². The topological polar surface area (TPSA) is 72.2 Å². The standard InChI is InChI=1S/C20H21FN2O3S/c1-14-20(15(2)26-23-14)27(24,25)22-13-5-6-16-9-11-17(12-10-16)18-7-3-4-8-19(18)21/h3-4,7-12,22H,5-6,13H2,1-2H3. The largest absolute Gasteiger partial charge is 0.360 e. The molecule has 0 fully saturated rings. The Morgan fingerprint density at radius 3 is 2.41 bits per heavy atom. The first kappa shape index (κ1) is 19.3. The number of aromatic nitrogens is 1. The molecule has 0 aliphatic carbocycles. The monoisotopic (exact) mass is 388 g/mol. The molecular weight excluding hydrogens is 367 g/mol. The molecule has 0 atom stereocenters. The number of nitrogens with zero attached hydrogens (tertiary/aromatic N) is 1. The van der Waals surface area contributed by atoms with Crippen molar-refractivity contribution in [3.05, 3.63) is 71.4 Å². The van der Waals surface area contributed by atoms with Gasteiger partial charge in [-0.15, -0.1) is 0 Å². The van der Waals surface area contributed by atoms with Crippen LogP contribution in [0.5, 0.6) is 0 Å². The SMILES string of the molecule is Cc1noc(C)c1S(=O)(=O)NCCCc1ccc(-c2ccccc2F)cc1. The average Bonchev–Trinajstić information content (AvgIpc) is 2.99. The van der Waals surface area contributed by atoms with Crippen molar-refractivity contribution in [3.63, 3.8) is 0 Å². The molecule has 3 rings (SSSR count). The molecule has 1 aromatic heterocycles. The predicted octanol–water partition coefficient (Wildman–Crippen LogP) is 4.01. The molecule has 0 bridgehead atoms. The second-order valence-corrected chi connectivity index (χ2v) is 8.04. The second kappa shape index (κ2) is 8.02. The number of benzene rings is 2. The molecule has 142 valence electrons. The zero-order chi connectivity index (χ0) is 19.4. The lowest BCUT2D eigenvalue weighted by Gasteiger charge is -2.07. The summed E-state index contributed by atoms with van der Waals surface area (Å²) in [6, 6.07) is 14.3. The Hall–Kier alpha value is -2.51. The van der Waals surface area contributed by atoms with Crippen molar-refractivity contribution in [1.82, 2.24) is 9.88 Å². The molecule has 0 radical (unpaired) electrons. The van der Waals surface area contributed by atoms with Gasteiger partial charge in [-0.05, 0) is 43.9 Å². The molecule has 7 heteroatoms. The highest BCUT2D eigenvalue weighted by molar-refractivity contribution is 7.89. The summed E-state index contributed by atoms with van der Waals surface area (Å²) in [5.41, 5.74) is 2.79. The molecule has 27 heavy (non-hydrogen) atoms. The lowest BCUT2D eigenvalue weighted by Crippen LogP contribution is -2.26. The third-order valence-corrected chi connectivity index (χ3v) is 6.01. The zero-order valence-corrected chi connectivity index (χ0v) is 16.0. The number of nitrogens with one attached hydrogen (secondary N) is 1. The first-order chi connectivity index (χ1) is 12.9. The molecule has 0 unspecified atom stereocenters. The van der Waals surface area contributed by atoms with Crippen molar-refractivity contribution in [3.8, 4) is 11.1 Å². The Labute approximate surface area is 158 Å². The summed E-state index contributed by atoms with van der Waals surface area (Å²) in [6.45, 7) is 3.48. The Morgan fingerprint density at radius 1 is 1.07 bits per heavy atom. The second-order valence-electron chi connectivity index (χ2n) is 6.33. The molecule has 0 aliphatic rings. The van der Waals surface area contributed by atoms with Gasteiger partial charge in [0.15, 0.2) is 5.76 Å². The van der Waals surface area contributed by atoms with Gasteiger partial charge in [-0.2, -0.15) is 0 Å². The average molecular weight is 388 g/mol. The normalized spacial score (nSPS) is 11.7. The van der Waals surface area contributed by atoms with Gasteiger partial charge in [0.05, 0.1) is 0 Å². The zero-order valence-electron chi connectivity index (χ0n) is 15.2. The van der Waals surface area contributed by atoms with E-state index in [9.17, 15) is 12.8 Å². The molecule has 0 aliphatic heterocycles. The highest BCUT2D eigenvalue weighted by atomic mass is 32.2. The summed E-state index contributed by atoms with van der Waals surface area (Å²) >= 11 is 0. The van der Waals surface area contributed by atoms with Gasteiger partial charge in [0.1, 0.15) is 16.4 Å². The Kier molecular flexibility index (Phi) is 5.72. The summed E-state index contributed by atoms with van der Waals surface area (Å²) in [4.78, 5) is 0.108. The Morgan fingerprint density at radius 2 is 1.78 bits per heavy atom. The molecule has 2 aromatic carbocycles. The number of hydrogen-bond acceptors (Lipinski definition) is 4. The summed E-state index contributed by atoms with van der Waals surface area (Å²) < 4.78 is 46.0. The first-order valence-electron chi connectivity index (χ1n) is 8.65. The van der Waals surface area contributed by atoms with Crippen LogP contribution in [-0.4, -0.2) is 20.1 Å². The Bertz CT molecular complexity index is 1010. The number of aryl methyl sites for hydroxylation is 3. The highest BCUT2D eigenvalue weighted by Gasteiger charge is 2.23. The van der Waals surface area contributed by atoms with Crippen LogP contribution in [0.25, 0.3) is 11.1 Å². The summed E-state index contributed by atoms with van der Waals surface area (Å²) in [7, 11) is -3.63. The van der Waals surface area contributed by atoms with Gasteiger partial charge >= 0.3 is 0 Å². The summed E-state index contributed by atoms with van der Waals surface area (Å²) in [5, 5.41) is 3.68. The van der Waals surface area contributed by atoms with E-state index in [0.717, 1.165) is 11.1 Å². The maximum absolute atomic E-state index is 13.8. The number of rotatable bonds is 7. The van der Waals surface area contributed by atoms with E-state index in [1.54, 1.807) is 32.0 Å². The van der Waals surface area contributed by atoms with E-state index in [1.807, 2.05) is 24.3 Å². The fourth-order valence-corrected chi connectivity index (χ4v) is 4.38. The lowest BCUT2D eigenvalue weighted by atomic mass is 10.0. The number of hydrogen-bond donors (Lipinski definition) is 1. The highest BCUT2D eigenvalue weighted by Crippen LogP contribution is 2.23. The van der Waals surface area contributed by atoms with Gasteiger partial charge in [0.25, 0.3) is 0 Å². The number of halogens is 1. The minimum Gasteiger partial charge on any atom is -0.360 e. The van der Waals surface area contributed by atoms with E-state index in [2.05, 4.69) is 9.88 Å². The molecule has 1 heterocycles. The van der Waals surface area contributed by atoms with E-state index < -0.39 is 10.0 Å². The van der Waals surface area contributed by atoms with Crippen LogP contribution in [0.2, 0.25) is 0 Å². The van der Waals surface area contributed by atoms with E-state index >= 15 is 0 Å². The van der Waals surface area contributed by atoms with Crippen molar-refractivity contribution in [1.29, 1.82) is 0 Å². The minimum absolute atomic E-state index is 0.108. The minimum atomic E-state index is -3.63. The van der Waals surface area contributed by atoms with Crippen LogP contribution in [0, 0.1) is 19.7 Å². The third kappa shape index (κ3) is 4.43. The van der Waals surface area contributed by atoms with E-state index in [0.29, 0.717) is 30.6 Å². The summed E-state index contributed by atoms with van der Waals surface area (Å²) in [6.07, 6.45) is 1.35.